The lowest BCUT2D eigenvalue weighted by molar-refractivity contribution is -0.147. The summed E-state index contributed by atoms with van der Waals surface area (Å²) in [6.07, 6.45) is 14.5. The van der Waals surface area contributed by atoms with Crippen molar-refractivity contribution in [1.29, 1.82) is 0 Å². The number of allylic oxidation sites excluding steroid dienone is 2. The van der Waals surface area contributed by atoms with Gasteiger partial charge in [-0.3, -0.25) is 18.6 Å². The molecule has 3 atom stereocenters. The highest BCUT2D eigenvalue weighted by atomic mass is 31.2. The van der Waals surface area contributed by atoms with Crippen LogP contribution in [0.25, 0.3) is 0 Å². The third-order valence-electron chi connectivity index (χ3n) is 5.27. The van der Waals surface area contributed by atoms with Gasteiger partial charge in [0.25, 0.3) is 0 Å². The van der Waals surface area contributed by atoms with Crippen LogP contribution in [0.3, 0.4) is 0 Å². The molecule has 0 rings (SSSR count). The molecule has 0 bridgehead atoms. The summed E-state index contributed by atoms with van der Waals surface area (Å²) >= 11 is 0. The van der Waals surface area contributed by atoms with Gasteiger partial charge in [0.1, 0.15) is 12.7 Å². The maximum absolute atomic E-state index is 12.1. The Morgan fingerprint density at radius 2 is 1.43 bits per heavy atom. The summed E-state index contributed by atoms with van der Waals surface area (Å²) in [5.74, 6) is -2.45. The molecule has 0 heterocycles. The van der Waals surface area contributed by atoms with Crippen molar-refractivity contribution in [3.05, 3.63) is 12.2 Å². The first-order valence-corrected chi connectivity index (χ1v) is 14.7. The number of unbranched alkanes of at least 4 members (excludes halogenated alkanes) is 8. The van der Waals surface area contributed by atoms with Gasteiger partial charge >= 0.3 is 19.8 Å². The van der Waals surface area contributed by atoms with Gasteiger partial charge in [0.15, 0.2) is 6.04 Å². The maximum atomic E-state index is 12.1. The van der Waals surface area contributed by atoms with Gasteiger partial charge in [0.2, 0.25) is 5.91 Å². The highest BCUT2D eigenvalue weighted by molar-refractivity contribution is 7.47. The highest BCUT2D eigenvalue weighted by Gasteiger charge is 2.28. The number of carboxylic acid groups (broad SMARTS) is 1. The molecule has 0 saturated carbocycles. The van der Waals surface area contributed by atoms with Crippen LogP contribution in [-0.2, 0) is 32.7 Å². The van der Waals surface area contributed by atoms with Crippen LogP contribution in [0.2, 0.25) is 0 Å². The van der Waals surface area contributed by atoms with Crippen molar-refractivity contribution in [2.75, 3.05) is 19.8 Å². The Bertz CT molecular complexity index is 716. The summed E-state index contributed by atoms with van der Waals surface area (Å²) in [5.41, 5.74) is 0. The summed E-state index contributed by atoms with van der Waals surface area (Å²) in [6.45, 7) is 2.06. The van der Waals surface area contributed by atoms with Crippen molar-refractivity contribution >= 4 is 25.7 Å². The lowest BCUT2D eigenvalue weighted by Crippen LogP contribution is -2.43. The summed E-state index contributed by atoms with van der Waals surface area (Å²) in [7, 11) is -4.71. The zero-order valence-electron chi connectivity index (χ0n) is 22.3. The van der Waals surface area contributed by atoms with E-state index in [0.717, 1.165) is 38.5 Å². The van der Waals surface area contributed by atoms with Crippen molar-refractivity contribution in [3.8, 4) is 0 Å². The number of phosphoric acid groups is 1. The molecule has 0 spiro atoms. The molecular formula is C25H46NO10P. The van der Waals surface area contributed by atoms with Gasteiger partial charge in [-0.15, -0.1) is 0 Å². The molecule has 4 N–H and O–H groups in total. The predicted octanol–water partition coefficient (Wildman–Crippen LogP) is 4.26. The highest BCUT2D eigenvalue weighted by Crippen LogP contribution is 2.43. The number of rotatable bonds is 24. The summed E-state index contributed by atoms with van der Waals surface area (Å²) in [6, 6.07) is -1.54. The Kier molecular flexibility index (Phi) is 21.2. The Morgan fingerprint density at radius 1 is 0.838 bits per heavy atom. The molecule has 216 valence electrons. The molecule has 0 aliphatic rings. The predicted molar refractivity (Wildman–Crippen MR) is 139 cm³/mol. The van der Waals surface area contributed by atoms with E-state index in [2.05, 4.69) is 33.4 Å². The van der Waals surface area contributed by atoms with E-state index < -0.39 is 57.6 Å². The third kappa shape index (κ3) is 22.0. The van der Waals surface area contributed by atoms with Gasteiger partial charge in [0.05, 0.1) is 13.2 Å². The number of phosphoric ester groups is 1. The monoisotopic (exact) mass is 551 g/mol. The normalized spacial score (nSPS) is 14.7. The Morgan fingerprint density at radius 3 is 2.05 bits per heavy atom. The van der Waals surface area contributed by atoms with Gasteiger partial charge in [-0.2, -0.15) is 0 Å². The van der Waals surface area contributed by atoms with Gasteiger partial charge in [-0.1, -0.05) is 58.1 Å². The van der Waals surface area contributed by atoms with Crippen LogP contribution in [0.4, 0.5) is 0 Å². The van der Waals surface area contributed by atoms with Gasteiger partial charge in [-0.25, -0.2) is 9.36 Å². The van der Waals surface area contributed by atoms with Gasteiger partial charge in [0, 0.05) is 12.8 Å². The van der Waals surface area contributed by atoms with Gasteiger partial charge in [-0.05, 0) is 38.5 Å². The standard InChI is InChI=1S/C25H46NO10P/c1-3-5-6-7-8-9-10-11-12-13-14-15-17-23(28)26-22(25(30)31)20-36-37(32,33)35-19-21(27)18-34-24(29)16-4-2/h8-9,21-22,27H,3-7,10-20H2,1-2H3,(H,26,28)(H,30,31)(H,32,33)/b9-8-. The number of hydrogen-bond acceptors (Lipinski definition) is 8. The van der Waals surface area contributed by atoms with Crippen LogP contribution in [-0.4, -0.2) is 64.9 Å². The smallest absolute Gasteiger partial charge is 0.472 e. The van der Waals surface area contributed by atoms with Crippen molar-refractivity contribution in [1.82, 2.24) is 5.32 Å². The molecule has 12 heteroatoms. The Labute approximate surface area is 220 Å². The van der Waals surface area contributed by atoms with Crippen LogP contribution in [0.1, 0.15) is 97.3 Å². The zero-order chi connectivity index (χ0) is 27.9. The minimum absolute atomic E-state index is 0.136. The van der Waals surface area contributed by atoms with Crippen molar-refractivity contribution in [2.24, 2.45) is 0 Å². The van der Waals surface area contributed by atoms with Crippen LogP contribution in [0.5, 0.6) is 0 Å². The molecule has 1 amide bonds. The molecule has 0 fully saturated rings. The van der Waals surface area contributed by atoms with E-state index in [1.165, 1.54) is 19.3 Å². The number of carbonyl (C=O) groups is 3. The van der Waals surface area contributed by atoms with Crippen LogP contribution in [0.15, 0.2) is 12.2 Å². The number of carboxylic acids is 1. The van der Waals surface area contributed by atoms with E-state index >= 15 is 0 Å². The van der Waals surface area contributed by atoms with Crippen LogP contribution in [0, 0.1) is 0 Å². The molecule has 0 aromatic rings. The van der Waals surface area contributed by atoms with Crippen LogP contribution >= 0.6 is 7.82 Å². The molecule has 0 saturated heterocycles. The lowest BCUT2D eigenvalue weighted by Gasteiger charge is -2.18. The molecule has 0 aliphatic carbocycles. The molecule has 0 aliphatic heterocycles. The van der Waals surface area contributed by atoms with E-state index in [9.17, 15) is 34.1 Å². The number of carbonyl (C=O) groups excluding carboxylic acids is 2. The number of hydrogen-bond donors (Lipinski definition) is 4. The molecule has 3 unspecified atom stereocenters. The minimum Gasteiger partial charge on any atom is -0.480 e. The SMILES string of the molecule is CCCCC/C=C\CCCCCCCC(=O)NC(COP(=O)(O)OCC(O)COC(=O)CCC)C(=O)O. The Hall–Kier alpha value is -1.78. The van der Waals surface area contributed by atoms with E-state index in [1.807, 2.05) is 0 Å². The first-order valence-electron chi connectivity index (χ1n) is 13.2. The number of nitrogens with one attached hydrogen (secondary N) is 1. The fraction of sp³-hybridized carbons (Fsp3) is 0.800. The molecule has 0 radical (unpaired) electrons. The fourth-order valence-electron chi connectivity index (χ4n) is 3.17. The topological polar surface area (TPSA) is 169 Å². The van der Waals surface area contributed by atoms with E-state index in [0.29, 0.717) is 12.8 Å². The summed E-state index contributed by atoms with van der Waals surface area (Å²) in [5, 5.41) is 21.2. The molecule has 0 aromatic carbocycles. The number of esters is 1. The largest absolute Gasteiger partial charge is 0.480 e. The van der Waals surface area contributed by atoms with Crippen molar-refractivity contribution in [3.63, 3.8) is 0 Å². The molecule has 11 nitrogen and oxygen atoms in total. The first kappa shape index (κ1) is 35.2. The number of aliphatic hydroxyl groups is 1. The lowest BCUT2D eigenvalue weighted by atomic mass is 10.1. The zero-order valence-corrected chi connectivity index (χ0v) is 23.2. The second-order valence-corrected chi connectivity index (χ2v) is 10.3. The fourth-order valence-corrected chi connectivity index (χ4v) is 3.94. The molecule has 0 aromatic heterocycles. The first-order chi connectivity index (χ1) is 17.6. The third-order valence-corrected chi connectivity index (χ3v) is 6.22. The number of aliphatic carboxylic acids is 1. The minimum atomic E-state index is -4.71. The van der Waals surface area contributed by atoms with Crippen molar-refractivity contribution in [2.45, 2.75) is 109 Å². The Balaban J connectivity index is 4.10. The number of amides is 1. The summed E-state index contributed by atoms with van der Waals surface area (Å²) in [4.78, 5) is 44.4. The number of aliphatic hydroxyl groups excluding tert-OH is 1. The molecular weight excluding hydrogens is 505 g/mol. The average molecular weight is 552 g/mol. The average Bonchev–Trinajstić information content (AvgIpc) is 2.84. The maximum Gasteiger partial charge on any atom is 0.472 e. The van der Waals surface area contributed by atoms with Crippen molar-refractivity contribution < 1.29 is 47.8 Å². The quantitative estimate of drug-likeness (QED) is 0.0588. The van der Waals surface area contributed by atoms with Gasteiger partial charge < -0.3 is 25.2 Å². The molecule has 37 heavy (non-hydrogen) atoms. The summed E-state index contributed by atoms with van der Waals surface area (Å²) < 4.78 is 26.0. The second-order valence-electron chi connectivity index (χ2n) is 8.88. The van der Waals surface area contributed by atoms with E-state index in [-0.39, 0.29) is 12.8 Å². The van der Waals surface area contributed by atoms with E-state index in [1.54, 1.807) is 6.92 Å². The van der Waals surface area contributed by atoms with E-state index in [4.69, 9.17) is 4.74 Å². The van der Waals surface area contributed by atoms with Crippen LogP contribution < -0.4 is 5.32 Å². The number of ether oxygens (including phenoxy) is 1. The second kappa shape index (κ2) is 22.2.